The number of fused-ring (bicyclic) bond motifs is 10. The van der Waals surface area contributed by atoms with Gasteiger partial charge in [-0.15, -0.1) is 0 Å². The van der Waals surface area contributed by atoms with Crippen molar-refractivity contribution in [2.24, 2.45) is 11.8 Å². The second-order valence-corrected chi connectivity index (χ2v) is 18.3. The molecule has 4 aliphatic rings. The van der Waals surface area contributed by atoms with Crippen molar-refractivity contribution in [2.75, 3.05) is 4.90 Å². The summed E-state index contributed by atoms with van der Waals surface area (Å²) in [5.41, 5.74) is 21.2. The number of nitrogens with zero attached hydrogens (tertiary/aromatic N) is 1. The largest absolute Gasteiger partial charge is 0.454 e. The summed E-state index contributed by atoms with van der Waals surface area (Å²) < 4.78 is 6.80. The third-order valence-electron chi connectivity index (χ3n) is 15.1. The van der Waals surface area contributed by atoms with Crippen molar-refractivity contribution < 1.29 is 4.42 Å². The Kier molecular flexibility index (Phi) is 8.38. The highest BCUT2D eigenvalue weighted by Crippen LogP contribution is 2.66. The molecular weight excluding hydrogens is 763 g/mol. The van der Waals surface area contributed by atoms with Gasteiger partial charge in [-0.1, -0.05) is 176 Å². The van der Waals surface area contributed by atoms with Crippen LogP contribution in [0.4, 0.5) is 17.1 Å². The van der Waals surface area contributed by atoms with Crippen LogP contribution < -0.4 is 4.90 Å². The lowest BCUT2D eigenvalue weighted by atomic mass is 9.64. The van der Waals surface area contributed by atoms with E-state index in [1.54, 1.807) is 11.1 Å². The lowest BCUT2D eigenvalue weighted by molar-refractivity contribution is 0.312. The van der Waals surface area contributed by atoms with Crippen LogP contribution in [0.2, 0.25) is 0 Å². The number of benzene rings is 8. The molecule has 1 heterocycles. The summed E-state index contributed by atoms with van der Waals surface area (Å²) in [5, 5.41) is 2.23. The van der Waals surface area contributed by atoms with Crippen LogP contribution in [-0.4, -0.2) is 0 Å². The van der Waals surface area contributed by atoms with E-state index in [0.717, 1.165) is 56.4 Å². The fourth-order valence-electron chi connectivity index (χ4n) is 12.5. The average Bonchev–Trinajstić information content (AvgIpc) is 4.14. The van der Waals surface area contributed by atoms with Gasteiger partial charge in [0.2, 0.25) is 0 Å². The molecule has 4 aliphatic carbocycles. The molecule has 2 saturated carbocycles. The van der Waals surface area contributed by atoms with Crippen molar-refractivity contribution in [3.8, 4) is 44.5 Å². The van der Waals surface area contributed by atoms with Crippen molar-refractivity contribution in [3.05, 3.63) is 217 Å². The number of hydrogen-bond donors (Lipinski definition) is 0. The lowest BCUT2D eigenvalue weighted by Gasteiger charge is -2.39. The predicted molar refractivity (Wildman–Crippen MR) is 263 cm³/mol. The van der Waals surface area contributed by atoms with Gasteiger partial charge in [0, 0.05) is 27.4 Å². The molecule has 3 unspecified atom stereocenters. The first-order chi connectivity index (χ1) is 31.2. The Morgan fingerprint density at radius 1 is 0.508 bits per heavy atom. The van der Waals surface area contributed by atoms with E-state index in [4.69, 9.17) is 4.42 Å². The molecule has 2 fully saturated rings. The maximum Gasteiger partial charge on any atom is 0.159 e. The summed E-state index contributed by atoms with van der Waals surface area (Å²) >= 11 is 0. The zero-order valence-electron chi connectivity index (χ0n) is 35.3. The van der Waals surface area contributed by atoms with E-state index < -0.39 is 0 Å². The standard InChI is InChI=1S/C61H47NO/c1-2-15-42(16-3-1)46-17-4-5-18-47(46)48-19-6-7-20-49(48)52-22-9-12-26-57(52)62(58-27-14-24-54-53-23-10-13-28-59(53)63-60(54)58)45-34-30-41(31-35-45)43-32-36-51-50-21-8-11-25-55(50)61(56(51)38-43)39-40-29-33-44(61)37-40/h1-10,12-24,26-28,30-32,34-36,38,40,44H,11,25,29,33,37,39H2. The van der Waals surface area contributed by atoms with Crippen LogP contribution in [0.25, 0.3) is 72.0 Å². The van der Waals surface area contributed by atoms with E-state index >= 15 is 0 Å². The van der Waals surface area contributed by atoms with Gasteiger partial charge in [0.25, 0.3) is 0 Å². The molecular formula is C61H47NO. The molecule has 2 nitrogen and oxygen atoms in total. The zero-order valence-corrected chi connectivity index (χ0v) is 35.3. The Morgan fingerprint density at radius 3 is 1.97 bits per heavy atom. The Hall–Kier alpha value is -7.16. The highest BCUT2D eigenvalue weighted by atomic mass is 16.3. The van der Waals surface area contributed by atoms with E-state index in [1.165, 1.54) is 88.6 Å². The van der Waals surface area contributed by atoms with Crippen LogP contribution in [0.15, 0.2) is 210 Å². The number of furan rings is 1. The van der Waals surface area contributed by atoms with Crippen LogP contribution in [0.3, 0.4) is 0 Å². The van der Waals surface area contributed by atoms with Crippen LogP contribution in [-0.2, 0) is 5.41 Å². The van der Waals surface area contributed by atoms with Crippen molar-refractivity contribution in [3.63, 3.8) is 0 Å². The Balaban J connectivity index is 0.967. The molecule has 1 spiro atoms. The van der Waals surface area contributed by atoms with Gasteiger partial charge in [0.15, 0.2) is 5.58 Å². The maximum atomic E-state index is 6.80. The van der Waals surface area contributed by atoms with Gasteiger partial charge in [-0.2, -0.15) is 0 Å². The topological polar surface area (TPSA) is 16.4 Å². The van der Waals surface area contributed by atoms with E-state index in [2.05, 4.69) is 205 Å². The summed E-state index contributed by atoms with van der Waals surface area (Å²) in [4.78, 5) is 2.42. The van der Waals surface area contributed by atoms with Gasteiger partial charge in [-0.3, -0.25) is 0 Å². The molecule has 2 heteroatoms. The molecule has 3 atom stereocenters. The normalized spacial score (nSPS) is 19.6. The molecule has 0 saturated heterocycles. The molecule has 0 radical (unpaired) electrons. The molecule has 2 bridgehead atoms. The zero-order chi connectivity index (χ0) is 41.5. The van der Waals surface area contributed by atoms with Gasteiger partial charge in [-0.05, 0) is 136 Å². The van der Waals surface area contributed by atoms with Crippen molar-refractivity contribution in [1.29, 1.82) is 0 Å². The SMILES string of the molecule is C1=CC2=C(CC1)C1(CC3CCC1C3)c1cc(-c3ccc(N(c4ccccc4-c4ccccc4-c4ccccc4-c4ccccc4)c4cccc5c4oc4ccccc45)cc3)ccc12. The van der Waals surface area contributed by atoms with Gasteiger partial charge >= 0.3 is 0 Å². The summed E-state index contributed by atoms with van der Waals surface area (Å²) in [6.45, 7) is 0. The number of para-hydroxylation sites is 3. The molecule has 0 N–H and O–H groups in total. The molecule has 9 aromatic rings. The summed E-state index contributed by atoms with van der Waals surface area (Å²) in [7, 11) is 0. The van der Waals surface area contributed by atoms with Crippen LogP contribution >= 0.6 is 0 Å². The molecule has 13 rings (SSSR count). The van der Waals surface area contributed by atoms with E-state index in [0.29, 0.717) is 0 Å². The highest BCUT2D eigenvalue weighted by Gasteiger charge is 2.57. The highest BCUT2D eigenvalue weighted by molar-refractivity contribution is 6.11. The van der Waals surface area contributed by atoms with Crippen molar-refractivity contribution >= 4 is 44.6 Å². The van der Waals surface area contributed by atoms with Gasteiger partial charge < -0.3 is 9.32 Å². The van der Waals surface area contributed by atoms with Gasteiger partial charge in [0.1, 0.15) is 5.58 Å². The van der Waals surface area contributed by atoms with Crippen LogP contribution in [0.5, 0.6) is 0 Å². The first kappa shape index (κ1) is 36.5. The smallest absolute Gasteiger partial charge is 0.159 e. The number of rotatable bonds is 7. The van der Waals surface area contributed by atoms with Crippen molar-refractivity contribution in [1.82, 2.24) is 0 Å². The monoisotopic (exact) mass is 809 g/mol. The van der Waals surface area contributed by atoms with E-state index in [-0.39, 0.29) is 5.41 Å². The molecule has 0 amide bonds. The first-order valence-corrected chi connectivity index (χ1v) is 22.9. The lowest BCUT2D eigenvalue weighted by Crippen LogP contribution is -2.33. The minimum atomic E-state index is 0.234. The number of hydrogen-bond acceptors (Lipinski definition) is 2. The average molecular weight is 810 g/mol. The van der Waals surface area contributed by atoms with Crippen LogP contribution in [0, 0.1) is 11.8 Å². The number of anilines is 3. The van der Waals surface area contributed by atoms with E-state index in [9.17, 15) is 0 Å². The fourth-order valence-corrected chi connectivity index (χ4v) is 12.5. The molecule has 0 aliphatic heterocycles. The summed E-state index contributed by atoms with van der Waals surface area (Å²) in [5.74, 6) is 1.66. The predicted octanol–water partition coefficient (Wildman–Crippen LogP) is 16.9. The number of allylic oxidation sites excluding steroid dienone is 4. The molecule has 63 heavy (non-hydrogen) atoms. The maximum absolute atomic E-state index is 6.80. The Morgan fingerprint density at radius 2 is 1.17 bits per heavy atom. The third-order valence-corrected chi connectivity index (χ3v) is 15.1. The van der Waals surface area contributed by atoms with Gasteiger partial charge in [-0.25, -0.2) is 0 Å². The molecule has 1 aromatic heterocycles. The van der Waals surface area contributed by atoms with Gasteiger partial charge in [0.05, 0.1) is 11.4 Å². The second-order valence-electron chi connectivity index (χ2n) is 18.3. The first-order valence-electron chi connectivity index (χ1n) is 22.9. The quantitative estimate of drug-likeness (QED) is 0.159. The summed E-state index contributed by atoms with van der Waals surface area (Å²) in [6.07, 6.45) is 12.8. The molecule has 302 valence electrons. The molecule has 8 aromatic carbocycles. The van der Waals surface area contributed by atoms with Crippen LogP contribution in [0.1, 0.15) is 49.7 Å². The minimum Gasteiger partial charge on any atom is -0.454 e. The second kappa shape index (κ2) is 14.5. The Bertz CT molecular complexity index is 3310. The van der Waals surface area contributed by atoms with Crippen molar-refractivity contribution in [2.45, 2.75) is 43.9 Å². The minimum absolute atomic E-state index is 0.234. The fraction of sp³-hybridized carbons (Fsp3) is 0.148. The van der Waals surface area contributed by atoms with E-state index in [1.807, 2.05) is 0 Å². The third kappa shape index (κ3) is 5.64. The summed E-state index contributed by atoms with van der Waals surface area (Å²) in [6, 6.07) is 69.0. The Labute approximate surface area is 369 Å².